The third-order valence-corrected chi connectivity index (χ3v) is 3.69. The molecule has 22 heavy (non-hydrogen) atoms. The van der Waals surface area contributed by atoms with Gasteiger partial charge in [0.25, 0.3) is 5.56 Å². The first-order valence-electron chi connectivity index (χ1n) is 6.63. The van der Waals surface area contributed by atoms with Crippen molar-refractivity contribution in [3.05, 3.63) is 45.0 Å². The van der Waals surface area contributed by atoms with Crippen LogP contribution in [0.2, 0.25) is 0 Å². The summed E-state index contributed by atoms with van der Waals surface area (Å²) in [5.41, 5.74) is -1.13. The second-order valence-corrected chi connectivity index (χ2v) is 6.21. The Hall–Kier alpha value is -1.51. The highest BCUT2D eigenvalue weighted by Gasteiger charge is 2.36. The zero-order valence-electron chi connectivity index (χ0n) is 11.8. The first-order chi connectivity index (χ1) is 10.3. The lowest BCUT2D eigenvalue weighted by Gasteiger charge is -2.14. The summed E-state index contributed by atoms with van der Waals surface area (Å²) in [6.07, 6.45) is 1.03. The number of aromatic amines is 1. The van der Waals surface area contributed by atoms with Gasteiger partial charge >= 0.3 is 13.3 Å². The van der Waals surface area contributed by atoms with Gasteiger partial charge in [0.15, 0.2) is 0 Å². The molecule has 0 aromatic carbocycles. The Labute approximate surface area is 125 Å². The Balaban J connectivity index is 2.23. The van der Waals surface area contributed by atoms with Crippen LogP contribution in [0.4, 0.5) is 0 Å². The predicted octanol–water partition coefficient (Wildman–Crippen LogP) is -0.0794. The SMILES string of the molecule is CCO[C@H]1C[C@H](n2ccc(=O)[nH]c2=O)O[C@@H]1/C=C/P(=O)(O)O. The molecule has 3 atom stereocenters. The molecule has 0 unspecified atom stereocenters. The second kappa shape index (κ2) is 6.72. The van der Waals surface area contributed by atoms with Crippen LogP contribution in [0, 0.1) is 0 Å². The van der Waals surface area contributed by atoms with Gasteiger partial charge in [0.2, 0.25) is 0 Å². The molecule has 0 amide bonds. The highest BCUT2D eigenvalue weighted by molar-refractivity contribution is 7.55. The average molecular weight is 332 g/mol. The molecule has 0 spiro atoms. The van der Waals surface area contributed by atoms with E-state index < -0.39 is 37.3 Å². The zero-order valence-corrected chi connectivity index (χ0v) is 12.7. The third kappa shape index (κ3) is 4.25. The van der Waals surface area contributed by atoms with Gasteiger partial charge in [-0.05, 0) is 13.0 Å². The molecule has 2 rings (SSSR count). The number of nitrogens with zero attached hydrogens (tertiary/aromatic N) is 1. The smallest absolute Gasteiger partial charge is 0.348 e. The largest absolute Gasteiger partial charge is 0.375 e. The Morgan fingerprint density at radius 2 is 2.27 bits per heavy atom. The number of aromatic nitrogens is 2. The molecule has 122 valence electrons. The van der Waals surface area contributed by atoms with Crippen molar-refractivity contribution in [2.24, 2.45) is 0 Å². The highest BCUT2D eigenvalue weighted by Crippen LogP contribution is 2.38. The van der Waals surface area contributed by atoms with Crippen LogP contribution in [-0.4, -0.2) is 38.2 Å². The van der Waals surface area contributed by atoms with E-state index in [9.17, 15) is 14.2 Å². The fourth-order valence-corrected chi connectivity index (χ4v) is 2.63. The van der Waals surface area contributed by atoms with Crippen LogP contribution in [-0.2, 0) is 14.0 Å². The maximum Gasteiger partial charge on any atom is 0.348 e. The number of ether oxygens (including phenoxy) is 2. The summed E-state index contributed by atoms with van der Waals surface area (Å²) in [6, 6.07) is 1.19. The lowest BCUT2D eigenvalue weighted by molar-refractivity contribution is -0.0123. The monoisotopic (exact) mass is 332 g/mol. The number of H-pyrrole nitrogens is 1. The van der Waals surface area contributed by atoms with Crippen LogP contribution in [0.1, 0.15) is 19.6 Å². The molecule has 1 saturated heterocycles. The first-order valence-corrected chi connectivity index (χ1v) is 8.31. The molecule has 0 saturated carbocycles. The summed E-state index contributed by atoms with van der Waals surface area (Å²) in [6.45, 7) is 2.17. The van der Waals surface area contributed by atoms with Gasteiger partial charge in [-0.15, -0.1) is 0 Å². The molecule has 10 heteroatoms. The first kappa shape index (κ1) is 16.9. The summed E-state index contributed by atoms with van der Waals surface area (Å²) >= 11 is 0. The highest BCUT2D eigenvalue weighted by atomic mass is 31.2. The molecule has 1 fully saturated rings. The molecule has 9 nitrogen and oxygen atoms in total. The van der Waals surface area contributed by atoms with Gasteiger partial charge in [-0.25, -0.2) is 4.79 Å². The van der Waals surface area contributed by atoms with Gasteiger partial charge in [-0.3, -0.25) is 18.9 Å². The Bertz CT molecular complexity index is 704. The summed E-state index contributed by atoms with van der Waals surface area (Å²) in [4.78, 5) is 42.7. The standard InChI is InChI=1S/C12H17N2O7P/c1-2-20-9-7-11(14-5-3-10(15)13-12(14)16)21-8(9)4-6-22(17,18)19/h3-6,8-9,11H,2,7H2,1H3,(H,13,15,16)(H2,17,18,19)/b6-4+/t8-,9+,11-/m1/s1. The van der Waals surface area contributed by atoms with Crippen molar-refractivity contribution >= 4 is 7.60 Å². The zero-order chi connectivity index (χ0) is 16.3. The van der Waals surface area contributed by atoms with Crippen molar-refractivity contribution in [3.8, 4) is 0 Å². The number of rotatable bonds is 5. The molecule has 1 aromatic rings. The minimum atomic E-state index is -4.30. The molecule has 0 bridgehead atoms. The second-order valence-electron chi connectivity index (χ2n) is 4.73. The molecule has 0 radical (unpaired) electrons. The van der Waals surface area contributed by atoms with Gasteiger partial charge < -0.3 is 19.3 Å². The van der Waals surface area contributed by atoms with E-state index >= 15 is 0 Å². The molecule has 2 heterocycles. The van der Waals surface area contributed by atoms with E-state index in [-0.39, 0.29) is 0 Å². The minimum absolute atomic E-state index is 0.315. The van der Waals surface area contributed by atoms with Crippen LogP contribution >= 0.6 is 7.60 Å². The molecular weight excluding hydrogens is 315 g/mol. The van der Waals surface area contributed by atoms with Crippen molar-refractivity contribution in [2.75, 3.05) is 6.61 Å². The van der Waals surface area contributed by atoms with E-state index in [1.165, 1.54) is 22.9 Å². The molecule has 1 aliphatic heterocycles. The van der Waals surface area contributed by atoms with Gasteiger partial charge in [-0.1, -0.05) is 0 Å². The number of hydrogen-bond acceptors (Lipinski definition) is 5. The van der Waals surface area contributed by atoms with Crippen LogP contribution in [0.5, 0.6) is 0 Å². The third-order valence-electron chi connectivity index (χ3n) is 3.13. The van der Waals surface area contributed by atoms with E-state index in [0.29, 0.717) is 13.0 Å². The van der Waals surface area contributed by atoms with Gasteiger partial charge in [-0.2, -0.15) is 0 Å². The molecule has 3 N–H and O–H groups in total. The van der Waals surface area contributed by atoms with Gasteiger partial charge in [0, 0.05) is 31.1 Å². The lowest BCUT2D eigenvalue weighted by Crippen LogP contribution is -2.31. The molecule has 0 aliphatic carbocycles. The minimum Gasteiger partial charge on any atom is -0.375 e. The van der Waals surface area contributed by atoms with Crippen LogP contribution < -0.4 is 11.2 Å². The number of hydrogen-bond donors (Lipinski definition) is 3. The van der Waals surface area contributed by atoms with Crippen molar-refractivity contribution in [1.82, 2.24) is 9.55 Å². The van der Waals surface area contributed by atoms with Crippen molar-refractivity contribution in [1.29, 1.82) is 0 Å². The van der Waals surface area contributed by atoms with Gasteiger partial charge in [0.1, 0.15) is 12.3 Å². The Morgan fingerprint density at radius 1 is 1.55 bits per heavy atom. The van der Waals surface area contributed by atoms with E-state index in [0.717, 1.165) is 5.82 Å². The lowest BCUT2D eigenvalue weighted by atomic mass is 10.2. The van der Waals surface area contributed by atoms with Crippen LogP contribution in [0.25, 0.3) is 0 Å². The fourth-order valence-electron chi connectivity index (χ4n) is 2.23. The average Bonchev–Trinajstić information content (AvgIpc) is 2.79. The summed E-state index contributed by atoms with van der Waals surface area (Å²) in [7, 11) is -4.30. The van der Waals surface area contributed by atoms with Crippen LogP contribution in [0.3, 0.4) is 0 Å². The summed E-state index contributed by atoms with van der Waals surface area (Å²) in [5.74, 6) is 0.752. The predicted molar refractivity (Wildman–Crippen MR) is 76.4 cm³/mol. The Morgan fingerprint density at radius 3 is 2.86 bits per heavy atom. The van der Waals surface area contributed by atoms with E-state index in [1.807, 2.05) is 0 Å². The van der Waals surface area contributed by atoms with Crippen molar-refractivity contribution in [3.63, 3.8) is 0 Å². The van der Waals surface area contributed by atoms with Crippen molar-refractivity contribution in [2.45, 2.75) is 31.8 Å². The van der Waals surface area contributed by atoms with Crippen molar-refractivity contribution < 1.29 is 23.8 Å². The van der Waals surface area contributed by atoms with E-state index in [1.54, 1.807) is 6.92 Å². The van der Waals surface area contributed by atoms with E-state index in [4.69, 9.17) is 19.3 Å². The Kier molecular flexibility index (Phi) is 5.15. The van der Waals surface area contributed by atoms with E-state index in [2.05, 4.69) is 4.98 Å². The van der Waals surface area contributed by atoms with Gasteiger partial charge in [0.05, 0.1) is 6.10 Å². The number of nitrogens with one attached hydrogen (secondary N) is 1. The quantitative estimate of drug-likeness (QED) is 0.643. The topological polar surface area (TPSA) is 131 Å². The molecule has 1 aliphatic rings. The maximum absolute atomic E-state index is 11.8. The fraction of sp³-hybridized carbons (Fsp3) is 0.500. The summed E-state index contributed by atoms with van der Waals surface area (Å²) < 4.78 is 23.2. The van der Waals surface area contributed by atoms with Crippen LogP contribution in [0.15, 0.2) is 33.7 Å². The summed E-state index contributed by atoms with van der Waals surface area (Å²) in [5, 5.41) is 0. The maximum atomic E-state index is 11.8. The molecule has 1 aromatic heterocycles. The molecular formula is C12H17N2O7P. The normalized spacial score (nSPS) is 25.9.